The van der Waals surface area contributed by atoms with Crippen molar-refractivity contribution in [2.24, 2.45) is 0 Å². The van der Waals surface area contributed by atoms with E-state index in [1.807, 2.05) is 6.08 Å². The standard InChI is InChI=1S/C85H165NO5/c1-3-5-7-9-11-13-15-17-19-21-23-24-35-38-42-45-49-53-57-61-65-69-73-77-83(88)82(81-87)86-84(89)78-74-70-66-62-58-54-50-46-43-39-36-33-31-29-27-25-26-28-30-32-34-37-40-44-48-52-56-60-64-68-72-76-80-91-85(90)79-75-71-67-63-59-55-51-47-41-22-20-18-16-14-12-10-8-6-4-2/h18,20,73,77,82-83,87-88H,3-17,19,21-72,74-76,78-81H2,1-2H3,(H,86,89)/b20-18-,77-73+. The molecular formula is C85H165NO5. The Morgan fingerprint density at radius 3 is 0.780 bits per heavy atom. The van der Waals surface area contributed by atoms with Crippen molar-refractivity contribution in [3.05, 3.63) is 24.3 Å². The summed E-state index contributed by atoms with van der Waals surface area (Å²) in [7, 11) is 0. The molecule has 0 aromatic rings. The summed E-state index contributed by atoms with van der Waals surface area (Å²) in [6.07, 6.45) is 105. The molecule has 540 valence electrons. The first-order valence-corrected chi connectivity index (χ1v) is 42.1. The lowest BCUT2D eigenvalue weighted by molar-refractivity contribution is -0.143. The Hall–Kier alpha value is -1.66. The van der Waals surface area contributed by atoms with E-state index in [2.05, 4.69) is 31.3 Å². The largest absolute Gasteiger partial charge is 0.466 e. The SMILES string of the molecule is CCCCCCCC/C=C\CCCCCCCCCCCC(=O)OCCCCCCCCCCCCCCCCCCCCCCCCCCCCCCCCCCC(=O)NC(CO)C(O)/C=C/CCCCCCCCCCCCCCCCCCCCCCC. The summed E-state index contributed by atoms with van der Waals surface area (Å²) in [6.45, 7) is 4.96. The highest BCUT2D eigenvalue weighted by atomic mass is 16.5. The number of carbonyl (C=O) groups is 2. The minimum atomic E-state index is -0.843. The zero-order chi connectivity index (χ0) is 65.6. The van der Waals surface area contributed by atoms with Crippen LogP contribution in [0.3, 0.4) is 0 Å². The number of nitrogens with one attached hydrogen (secondary N) is 1. The Kier molecular flexibility index (Phi) is 79.3. The summed E-state index contributed by atoms with van der Waals surface area (Å²) in [5, 5.41) is 23.3. The van der Waals surface area contributed by atoms with Crippen LogP contribution in [0.2, 0.25) is 0 Å². The molecule has 0 spiro atoms. The van der Waals surface area contributed by atoms with Crippen molar-refractivity contribution in [3.63, 3.8) is 0 Å². The number of rotatable bonds is 80. The maximum absolute atomic E-state index is 12.6. The Bertz CT molecular complexity index is 1430. The molecule has 0 radical (unpaired) electrons. The zero-order valence-electron chi connectivity index (χ0n) is 62.1. The van der Waals surface area contributed by atoms with Gasteiger partial charge in [0.15, 0.2) is 0 Å². The summed E-state index contributed by atoms with van der Waals surface area (Å²) in [5.41, 5.74) is 0. The van der Waals surface area contributed by atoms with E-state index in [9.17, 15) is 19.8 Å². The van der Waals surface area contributed by atoms with Gasteiger partial charge in [-0.05, 0) is 57.8 Å². The number of unbranched alkanes of at least 4 members (excludes halogenated alkanes) is 67. The minimum Gasteiger partial charge on any atom is -0.466 e. The number of aliphatic hydroxyl groups excluding tert-OH is 2. The molecule has 0 aromatic carbocycles. The van der Waals surface area contributed by atoms with Crippen molar-refractivity contribution in [2.45, 2.75) is 495 Å². The molecule has 0 aliphatic rings. The fourth-order valence-corrected chi connectivity index (χ4v) is 13.6. The van der Waals surface area contributed by atoms with Gasteiger partial charge in [0.2, 0.25) is 5.91 Å². The van der Waals surface area contributed by atoms with Gasteiger partial charge in [-0.2, -0.15) is 0 Å². The summed E-state index contributed by atoms with van der Waals surface area (Å²) < 4.78 is 5.52. The van der Waals surface area contributed by atoms with Crippen molar-refractivity contribution in [1.29, 1.82) is 0 Å². The lowest BCUT2D eigenvalue weighted by Crippen LogP contribution is -2.45. The number of ether oxygens (including phenoxy) is 1. The second-order valence-electron chi connectivity index (χ2n) is 29.2. The Labute approximate surface area is 571 Å². The fraction of sp³-hybridized carbons (Fsp3) is 0.929. The molecule has 2 unspecified atom stereocenters. The number of esters is 1. The van der Waals surface area contributed by atoms with Crippen LogP contribution in [0.25, 0.3) is 0 Å². The highest BCUT2D eigenvalue weighted by Crippen LogP contribution is 2.21. The maximum atomic E-state index is 12.6. The summed E-state index contributed by atoms with van der Waals surface area (Å²) in [4.78, 5) is 24.7. The molecule has 0 fully saturated rings. The second kappa shape index (κ2) is 80.8. The first-order chi connectivity index (χ1) is 45.0. The monoisotopic (exact) mass is 1280 g/mol. The summed E-state index contributed by atoms with van der Waals surface area (Å²) >= 11 is 0. The van der Waals surface area contributed by atoms with Gasteiger partial charge in [-0.1, -0.05) is 436 Å². The molecule has 1 amide bonds. The number of aliphatic hydroxyl groups is 2. The third-order valence-electron chi connectivity index (χ3n) is 20.0. The van der Waals surface area contributed by atoms with Crippen molar-refractivity contribution >= 4 is 11.9 Å². The van der Waals surface area contributed by atoms with Gasteiger partial charge in [-0.3, -0.25) is 9.59 Å². The van der Waals surface area contributed by atoms with Crippen molar-refractivity contribution in [2.75, 3.05) is 13.2 Å². The molecular weight excluding hydrogens is 1110 g/mol. The average Bonchev–Trinajstić information content (AvgIpc) is 3.66. The van der Waals surface area contributed by atoms with E-state index in [-0.39, 0.29) is 18.5 Å². The van der Waals surface area contributed by atoms with E-state index in [0.717, 1.165) is 38.5 Å². The molecule has 0 aromatic heterocycles. The first-order valence-electron chi connectivity index (χ1n) is 42.1. The van der Waals surface area contributed by atoms with Crippen LogP contribution < -0.4 is 5.32 Å². The molecule has 6 nitrogen and oxygen atoms in total. The number of carbonyl (C=O) groups excluding carboxylic acids is 2. The van der Waals surface area contributed by atoms with Crippen LogP contribution in [0.4, 0.5) is 0 Å². The van der Waals surface area contributed by atoms with E-state index in [4.69, 9.17) is 4.74 Å². The van der Waals surface area contributed by atoms with Gasteiger partial charge in [0.1, 0.15) is 0 Å². The van der Waals surface area contributed by atoms with Gasteiger partial charge in [-0.25, -0.2) is 0 Å². The number of amides is 1. The molecule has 0 saturated heterocycles. The molecule has 0 aliphatic heterocycles. The van der Waals surface area contributed by atoms with E-state index < -0.39 is 12.1 Å². The van der Waals surface area contributed by atoms with Gasteiger partial charge in [0.05, 0.1) is 25.4 Å². The van der Waals surface area contributed by atoms with Crippen molar-refractivity contribution < 1.29 is 24.5 Å². The van der Waals surface area contributed by atoms with E-state index in [1.165, 1.54) is 417 Å². The van der Waals surface area contributed by atoms with Crippen molar-refractivity contribution in [1.82, 2.24) is 5.32 Å². The van der Waals surface area contributed by atoms with Gasteiger partial charge in [0.25, 0.3) is 0 Å². The molecule has 0 bridgehead atoms. The molecule has 0 saturated carbocycles. The van der Waals surface area contributed by atoms with Gasteiger partial charge >= 0.3 is 5.97 Å². The third-order valence-corrected chi connectivity index (χ3v) is 20.0. The lowest BCUT2D eigenvalue weighted by Gasteiger charge is -2.20. The van der Waals surface area contributed by atoms with Crippen LogP contribution in [0.15, 0.2) is 24.3 Å². The fourth-order valence-electron chi connectivity index (χ4n) is 13.6. The molecule has 6 heteroatoms. The van der Waals surface area contributed by atoms with Crippen molar-refractivity contribution in [3.8, 4) is 0 Å². The Morgan fingerprint density at radius 1 is 0.297 bits per heavy atom. The topological polar surface area (TPSA) is 95.9 Å². The summed E-state index contributed by atoms with van der Waals surface area (Å²) in [6, 6.07) is -0.626. The Balaban J connectivity index is 3.34. The van der Waals surface area contributed by atoms with Crippen LogP contribution in [0, 0.1) is 0 Å². The predicted molar refractivity (Wildman–Crippen MR) is 403 cm³/mol. The lowest BCUT2D eigenvalue weighted by atomic mass is 10.0. The quantitative estimate of drug-likeness (QED) is 0.0320. The molecule has 0 rings (SSSR count). The van der Waals surface area contributed by atoms with Gasteiger partial charge in [0, 0.05) is 12.8 Å². The Morgan fingerprint density at radius 2 is 0.516 bits per heavy atom. The first kappa shape index (κ1) is 89.3. The molecule has 3 N–H and O–H groups in total. The van der Waals surface area contributed by atoms with Gasteiger partial charge < -0.3 is 20.3 Å². The van der Waals surface area contributed by atoms with E-state index in [1.54, 1.807) is 6.08 Å². The van der Waals surface area contributed by atoms with Crippen LogP contribution in [0.1, 0.15) is 483 Å². The molecule has 0 heterocycles. The normalized spacial score (nSPS) is 12.5. The van der Waals surface area contributed by atoms with Crippen LogP contribution in [-0.4, -0.2) is 47.4 Å². The van der Waals surface area contributed by atoms with Gasteiger partial charge in [-0.15, -0.1) is 0 Å². The summed E-state index contributed by atoms with van der Waals surface area (Å²) in [5.74, 6) is -0.0361. The average molecular weight is 1280 g/mol. The number of allylic oxidation sites excluding steroid dienone is 3. The smallest absolute Gasteiger partial charge is 0.305 e. The number of hydrogen-bond donors (Lipinski definition) is 3. The highest BCUT2D eigenvalue weighted by Gasteiger charge is 2.18. The molecule has 0 aliphatic carbocycles. The van der Waals surface area contributed by atoms with Crippen LogP contribution in [-0.2, 0) is 14.3 Å². The van der Waals surface area contributed by atoms with Crippen LogP contribution in [0.5, 0.6) is 0 Å². The third kappa shape index (κ3) is 77.2. The maximum Gasteiger partial charge on any atom is 0.305 e. The van der Waals surface area contributed by atoms with E-state index in [0.29, 0.717) is 19.4 Å². The van der Waals surface area contributed by atoms with Crippen LogP contribution >= 0.6 is 0 Å². The molecule has 91 heavy (non-hydrogen) atoms. The second-order valence-corrected chi connectivity index (χ2v) is 29.2. The van der Waals surface area contributed by atoms with E-state index >= 15 is 0 Å². The predicted octanol–water partition coefficient (Wildman–Crippen LogP) is 28.0. The zero-order valence-corrected chi connectivity index (χ0v) is 62.1. The number of hydrogen-bond acceptors (Lipinski definition) is 5. The molecule has 2 atom stereocenters. The minimum absolute atomic E-state index is 0.0218. The highest BCUT2D eigenvalue weighted by molar-refractivity contribution is 5.76.